The van der Waals surface area contributed by atoms with Crippen LogP contribution >= 0.6 is 0 Å². The van der Waals surface area contributed by atoms with E-state index in [1.807, 2.05) is 13.8 Å². The van der Waals surface area contributed by atoms with Crippen LogP contribution in [0, 0.1) is 5.41 Å². The summed E-state index contributed by atoms with van der Waals surface area (Å²) in [7, 11) is 0. The number of carbonyl (C=O) groups excluding carboxylic acids is 2. The Morgan fingerprint density at radius 3 is 1.35 bits per heavy atom. The summed E-state index contributed by atoms with van der Waals surface area (Å²) in [4.78, 5) is 25.0. The van der Waals surface area contributed by atoms with E-state index >= 15 is 0 Å². The summed E-state index contributed by atoms with van der Waals surface area (Å²) in [6.07, 6.45) is 13.4. The maximum Gasteiger partial charge on any atom is 0.323 e. The molecule has 4 nitrogen and oxygen atoms in total. The average molecular weight is 371 g/mol. The molecule has 0 unspecified atom stereocenters. The molecule has 0 aromatic carbocycles. The van der Waals surface area contributed by atoms with Gasteiger partial charge in [-0.25, -0.2) is 0 Å². The Balaban J connectivity index is 4.15. The van der Waals surface area contributed by atoms with E-state index in [2.05, 4.69) is 13.8 Å². The fourth-order valence-electron chi connectivity index (χ4n) is 3.10. The number of carbonyl (C=O) groups is 2. The van der Waals surface area contributed by atoms with Crippen LogP contribution in [0.1, 0.15) is 111 Å². The minimum Gasteiger partial charge on any atom is -0.465 e. The smallest absolute Gasteiger partial charge is 0.323 e. The molecule has 0 heterocycles. The summed E-state index contributed by atoms with van der Waals surface area (Å²) in [5.74, 6) is -0.828. The van der Waals surface area contributed by atoms with E-state index in [1.54, 1.807) is 0 Å². The van der Waals surface area contributed by atoms with Gasteiger partial charge in [-0.15, -0.1) is 0 Å². The van der Waals surface area contributed by atoms with Crippen LogP contribution in [0.5, 0.6) is 0 Å². The Morgan fingerprint density at radius 2 is 0.923 bits per heavy atom. The fraction of sp³-hybridized carbons (Fsp3) is 0.909. The van der Waals surface area contributed by atoms with Gasteiger partial charge in [0.1, 0.15) is 0 Å². The summed E-state index contributed by atoms with van der Waals surface area (Å²) in [6, 6.07) is 0. The number of unbranched alkanes of at least 4 members (excludes halogenated alkanes) is 9. The Hall–Kier alpha value is -1.06. The monoisotopic (exact) mass is 370 g/mol. The topological polar surface area (TPSA) is 52.6 Å². The Kier molecular flexibility index (Phi) is 15.5. The molecule has 0 saturated carbocycles. The zero-order valence-electron chi connectivity index (χ0n) is 17.7. The Morgan fingerprint density at radius 1 is 0.577 bits per heavy atom. The van der Waals surface area contributed by atoms with E-state index in [9.17, 15) is 9.59 Å². The number of hydrogen-bond donors (Lipinski definition) is 0. The summed E-state index contributed by atoms with van der Waals surface area (Å²) < 4.78 is 10.8. The fourth-order valence-corrected chi connectivity index (χ4v) is 3.10. The SMILES string of the molecule is CCCCCCCCCCOC(=O)C(CC)(CC)C(=O)OCCCCC. The summed E-state index contributed by atoms with van der Waals surface area (Å²) in [5, 5.41) is 0. The molecule has 0 aliphatic heterocycles. The van der Waals surface area contributed by atoms with Gasteiger partial charge < -0.3 is 9.47 Å². The minimum atomic E-state index is -1.13. The second-order valence-electron chi connectivity index (χ2n) is 7.24. The average Bonchev–Trinajstić information content (AvgIpc) is 2.65. The van der Waals surface area contributed by atoms with Crippen molar-refractivity contribution in [1.82, 2.24) is 0 Å². The molecular formula is C22H42O4. The lowest BCUT2D eigenvalue weighted by Gasteiger charge is -2.27. The molecule has 0 saturated heterocycles. The van der Waals surface area contributed by atoms with Gasteiger partial charge in [-0.05, 0) is 25.7 Å². The molecule has 0 atom stereocenters. The number of ether oxygens (including phenoxy) is 2. The first-order valence-corrected chi connectivity index (χ1v) is 10.9. The molecule has 0 aliphatic carbocycles. The van der Waals surface area contributed by atoms with Crippen molar-refractivity contribution < 1.29 is 19.1 Å². The van der Waals surface area contributed by atoms with Crippen molar-refractivity contribution in [3.05, 3.63) is 0 Å². The zero-order chi connectivity index (χ0) is 19.7. The molecule has 0 aromatic rings. The highest BCUT2D eigenvalue weighted by atomic mass is 16.6. The second kappa shape index (κ2) is 16.1. The van der Waals surface area contributed by atoms with Crippen molar-refractivity contribution in [2.24, 2.45) is 5.41 Å². The van der Waals surface area contributed by atoms with E-state index in [0.29, 0.717) is 26.1 Å². The van der Waals surface area contributed by atoms with Crippen molar-refractivity contribution in [2.45, 2.75) is 111 Å². The lowest BCUT2D eigenvalue weighted by molar-refractivity contribution is -0.173. The van der Waals surface area contributed by atoms with Crippen LogP contribution in [0.2, 0.25) is 0 Å². The van der Waals surface area contributed by atoms with Crippen LogP contribution < -0.4 is 0 Å². The highest BCUT2D eigenvalue weighted by molar-refractivity contribution is 5.99. The molecule has 0 bridgehead atoms. The normalized spacial score (nSPS) is 11.4. The quantitative estimate of drug-likeness (QED) is 0.173. The Labute approximate surface area is 161 Å². The summed E-state index contributed by atoms with van der Waals surface area (Å²) in [5.41, 5.74) is -1.13. The van der Waals surface area contributed by atoms with E-state index in [4.69, 9.17) is 9.47 Å². The van der Waals surface area contributed by atoms with Crippen molar-refractivity contribution in [3.63, 3.8) is 0 Å². The highest BCUT2D eigenvalue weighted by Gasteiger charge is 2.45. The van der Waals surface area contributed by atoms with E-state index in [-0.39, 0.29) is 0 Å². The van der Waals surface area contributed by atoms with Gasteiger partial charge in [-0.2, -0.15) is 0 Å². The molecule has 0 rings (SSSR count). The molecular weight excluding hydrogens is 328 g/mol. The van der Waals surface area contributed by atoms with Crippen molar-refractivity contribution in [2.75, 3.05) is 13.2 Å². The van der Waals surface area contributed by atoms with Crippen LogP contribution in [0.4, 0.5) is 0 Å². The predicted octanol–water partition coefficient (Wildman–Crippen LogP) is 6.21. The third kappa shape index (κ3) is 9.59. The van der Waals surface area contributed by atoms with Crippen molar-refractivity contribution in [3.8, 4) is 0 Å². The van der Waals surface area contributed by atoms with Crippen LogP contribution in [0.25, 0.3) is 0 Å². The van der Waals surface area contributed by atoms with Gasteiger partial charge >= 0.3 is 11.9 Å². The molecule has 0 aromatic heterocycles. The van der Waals surface area contributed by atoms with Crippen LogP contribution in [0.15, 0.2) is 0 Å². The van der Waals surface area contributed by atoms with E-state index < -0.39 is 17.4 Å². The minimum absolute atomic E-state index is 0.389. The molecule has 4 heteroatoms. The first kappa shape index (κ1) is 24.9. The number of esters is 2. The molecule has 0 fully saturated rings. The lowest BCUT2D eigenvalue weighted by Crippen LogP contribution is -2.41. The van der Waals surface area contributed by atoms with Gasteiger partial charge in [0.05, 0.1) is 13.2 Å². The van der Waals surface area contributed by atoms with Crippen LogP contribution in [0.3, 0.4) is 0 Å². The maximum atomic E-state index is 12.5. The van der Waals surface area contributed by atoms with E-state index in [0.717, 1.165) is 32.1 Å². The van der Waals surface area contributed by atoms with Crippen LogP contribution in [-0.2, 0) is 19.1 Å². The zero-order valence-corrected chi connectivity index (χ0v) is 17.7. The molecule has 0 spiro atoms. The third-order valence-electron chi connectivity index (χ3n) is 5.20. The van der Waals surface area contributed by atoms with Gasteiger partial charge in [0, 0.05) is 0 Å². The molecule has 0 N–H and O–H groups in total. The maximum absolute atomic E-state index is 12.5. The standard InChI is InChI=1S/C22H42O4/c1-5-9-11-12-13-14-15-17-19-26-21(24)22(7-3,8-4)20(23)25-18-16-10-6-2/h5-19H2,1-4H3. The van der Waals surface area contributed by atoms with Gasteiger partial charge in [0.25, 0.3) is 0 Å². The highest BCUT2D eigenvalue weighted by Crippen LogP contribution is 2.30. The van der Waals surface area contributed by atoms with Crippen molar-refractivity contribution in [1.29, 1.82) is 0 Å². The first-order valence-electron chi connectivity index (χ1n) is 10.9. The van der Waals surface area contributed by atoms with Gasteiger partial charge in [-0.1, -0.05) is 85.5 Å². The first-order chi connectivity index (χ1) is 12.6. The third-order valence-corrected chi connectivity index (χ3v) is 5.20. The van der Waals surface area contributed by atoms with Crippen molar-refractivity contribution >= 4 is 11.9 Å². The lowest BCUT2D eigenvalue weighted by atomic mass is 9.82. The largest absolute Gasteiger partial charge is 0.465 e. The van der Waals surface area contributed by atoms with Gasteiger partial charge in [-0.3, -0.25) is 9.59 Å². The predicted molar refractivity (Wildman–Crippen MR) is 107 cm³/mol. The number of hydrogen-bond acceptors (Lipinski definition) is 4. The van der Waals surface area contributed by atoms with E-state index in [1.165, 1.54) is 38.5 Å². The van der Waals surface area contributed by atoms with Crippen LogP contribution in [-0.4, -0.2) is 25.2 Å². The molecule has 0 radical (unpaired) electrons. The molecule has 154 valence electrons. The molecule has 0 amide bonds. The summed E-state index contributed by atoms with van der Waals surface area (Å²) >= 11 is 0. The van der Waals surface area contributed by atoms with Gasteiger partial charge in [0.15, 0.2) is 5.41 Å². The summed E-state index contributed by atoms with van der Waals surface area (Å²) in [6.45, 7) is 8.83. The second-order valence-corrected chi connectivity index (χ2v) is 7.24. The Bertz CT molecular complexity index is 361. The molecule has 0 aliphatic rings. The molecule has 26 heavy (non-hydrogen) atoms. The number of rotatable bonds is 17. The van der Waals surface area contributed by atoms with Gasteiger partial charge in [0.2, 0.25) is 0 Å².